The average Bonchev–Trinajstić information content (AvgIpc) is 1.97. The lowest BCUT2D eigenvalue weighted by Gasteiger charge is -1.98. The van der Waals surface area contributed by atoms with Gasteiger partial charge in [-0.25, -0.2) is 13.2 Å². The van der Waals surface area contributed by atoms with Crippen LogP contribution >= 0.6 is 12.2 Å². The predicted octanol–water partition coefficient (Wildman–Crippen LogP) is 2.47. The summed E-state index contributed by atoms with van der Waals surface area (Å²) in [5.41, 5.74) is -0.103. The van der Waals surface area contributed by atoms with Gasteiger partial charge < -0.3 is 4.98 Å². The number of H-pyrrole nitrogens is 1. The Morgan fingerprint density at radius 3 is 2.18 bits per heavy atom. The third kappa shape index (κ3) is 1.28. The average molecular weight is 179 g/mol. The van der Waals surface area contributed by atoms with Crippen molar-refractivity contribution in [3.63, 3.8) is 0 Å². The van der Waals surface area contributed by atoms with Gasteiger partial charge in [-0.2, -0.15) is 0 Å². The van der Waals surface area contributed by atoms with Crippen molar-refractivity contribution in [3.05, 3.63) is 27.8 Å². The SMILES string of the molecule is Cc1[nH]c(=S)c(F)c(F)c1F. The number of hydrogen-bond donors (Lipinski definition) is 1. The van der Waals surface area contributed by atoms with E-state index in [2.05, 4.69) is 17.2 Å². The summed E-state index contributed by atoms with van der Waals surface area (Å²) < 4.78 is 36.9. The second kappa shape index (κ2) is 2.65. The van der Waals surface area contributed by atoms with E-state index in [1.165, 1.54) is 6.92 Å². The molecule has 0 saturated carbocycles. The molecule has 0 atom stereocenters. The van der Waals surface area contributed by atoms with Crippen molar-refractivity contribution < 1.29 is 13.2 Å². The molecule has 5 heteroatoms. The summed E-state index contributed by atoms with van der Waals surface area (Å²) in [6, 6.07) is 0. The summed E-state index contributed by atoms with van der Waals surface area (Å²) in [4.78, 5) is 2.17. The molecule has 1 nitrogen and oxygen atoms in total. The Kier molecular flexibility index (Phi) is 1.99. The van der Waals surface area contributed by atoms with Crippen LogP contribution in [0.4, 0.5) is 13.2 Å². The van der Waals surface area contributed by atoms with Crippen molar-refractivity contribution in [2.75, 3.05) is 0 Å². The summed E-state index contributed by atoms with van der Waals surface area (Å²) in [5.74, 6) is -4.09. The topological polar surface area (TPSA) is 15.8 Å². The van der Waals surface area contributed by atoms with E-state index in [0.29, 0.717) is 0 Å². The third-order valence-electron chi connectivity index (χ3n) is 1.22. The molecule has 1 aromatic rings. The number of halogens is 3. The van der Waals surface area contributed by atoms with Gasteiger partial charge in [0.2, 0.25) is 0 Å². The number of nitrogens with one attached hydrogen (secondary N) is 1. The molecule has 1 N–H and O–H groups in total. The van der Waals surface area contributed by atoms with E-state index in [9.17, 15) is 13.2 Å². The molecule has 1 aromatic heterocycles. The minimum Gasteiger partial charge on any atom is -0.345 e. The molecular weight excluding hydrogens is 175 g/mol. The lowest BCUT2D eigenvalue weighted by molar-refractivity contribution is 0.433. The Labute approximate surface area is 65.9 Å². The van der Waals surface area contributed by atoms with E-state index < -0.39 is 22.1 Å². The van der Waals surface area contributed by atoms with Crippen molar-refractivity contribution >= 4 is 12.2 Å². The molecule has 0 saturated heterocycles. The molecule has 0 aliphatic heterocycles. The van der Waals surface area contributed by atoms with Gasteiger partial charge in [0.1, 0.15) is 4.64 Å². The van der Waals surface area contributed by atoms with Crippen molar-refractivity contribution in [1.29, 1.82) is 0 Å². The van der Waals surface area contributed by atoms with Gasteiger partial charge in [0.15, 0.2) is 17.5 Å². The first-order valence-electron chi connectivity index (χ1n) is 2.77. The maximum Gasteiger partial charge on any atom is 0.199 e. The van der Waals surface area contributed by atoms with E-state index in [-0.39, 0.29) is 5.69 Å². The zero-order valence-corrected chi connectivity index (χ0v) is 6.36. The highest BCUT2D eigenvalue weighted by atomic mass is 32.1. The third-order valence-corrected chi connectivity index (χ3v) is 1.50. The Morgan fingerprint density at radius 1 is 1.09 bits per heavy atom. The van der Waals surface area contributed by atoms with Crippen LogP contribution in [-0.2, 0) is 0 Å². The van der Waals surface area contributed by atoms with Crippen molar-refractivity contribution in [3.8, 4) is 0 Å². The second-order valence-electron chi connectivity index (χ2n) is 2.02. The molecule has 1 rings (SSSR count). The van der Waals surface area contributed by atoms with Gasteiger partial charge in [0.05, 0.1) is 5.69 Å². The van der Waals surface area contributed by atoms with Crippen molar-refractivity contribution in [2.45, 2.75) is 6.92 Å². The zero-order chi connectivity index (χ0) is 8.59. The van der Waals surface area contributed by atoms with Crippen LogP contribution in [0.15, 0.2) is 0 Å². The molecule has 0 spiro atoms. The Bertz CT molecular complexity index is 344. The van der Waals surface area contributed by atoms with Crippen LogP contribution in [0.1, 0.15) is 5.69 Å². The largest absolute Gasteiger partial charge is 0.345 e. The van der Waals surface area contributed by atoms with Crippen LogP contribution < -0.4 is 0 Å². The first-order valence-corrected chi connectivity index (χ1v) is 3.18. The smallest absolute Gasteiger partial charge is 0.199 e. The van der Waals surface area contributed by atoms with E-state index in [0.717, 1.165) is 0 Å². The highest BCUT2D eigenvalue weighted by Gasteiger charge is 2.12. The van der Waals surface area contributed by atoms with Crippen LogP contribution in [0.25, 0.3) is 0 Å². The Morgan fingerprint density at radius 2 is 1.64 bits per heavy atom. The van der Waals surface area contributed by atoms with Crippen LogP contribution in [0.3, 0.4) is 0 Å². The van der Waals surface area contributed by atoms with Gasteiger partial charge in [0.25, 0.3) is 0 Å². The lowest BCUT2D eigenvalue weighted by Crippen LogP contribution is -1.98. The normalized spacial score (nSPS) is 10.2. The summed E-state index contributed by atoms with van der Waals surface area (Å²) in [5, 5.41) is 0. The molecule has 0 aromatic carbocycles. The number of aromatic nitrogens is 1. The van der Waals surface area contributed by atoms with Gasteiger partial charge in [-0.3, -0.25) is 0 Å². The van der Waals surface area contributed by atoms with E-state index in [1.54, 1.807) is 0 Å². The number of aryl methyl sites for hydroxylation is 1. The molecule has 0 fully saturated rings. The van der Waals surface area contributed by atoms with Crippen LogP contribution in [0.5, 0.6) is 0 Å². The van der Waals surface area contributed by atoms with Gasteiger partial charge in [0, 0.05) is 0 Å². The second-order valence-corrected chi connectivity index (χ2v) is 2.43. The number of rotatable bonds is 0. The summed E-state index contributed by atoms with van der Waals surface area (Å²) in [7, 11) is 0. The van der Waals surface area contributed by atoms with Crippen LogP contribution in [-0.4, -0.2) is 4.98 Å². The van der Waals surface area contributed by atoms with Crippen LogP contribution in [0, 0.1) is 29.0 Å². The minimum absolute atomic E-state index is 0.103. The molecule has 0 radical (unpaired) electrons. The molecule has 11 heavy (non-hydrogen) atoms. The maximum atomic E-state index is 12.5. The van der Waals surface area contributed by atoms with E-state index >= 15 is 0 Å². The van der Waals surface area contributed by atoms with E-state index in [4.69, 9.17) is 0 Å². The molecular formula is C6H4F3NS. The zero-order valence-electron chi connectivity index (χ0n) is 5.54. The van der Waals surface area contributed by atoms with Gasteiger partial charge in [-0.05, 0) is 6.92 Å². The molecule has 0 unspecified atom stereocenters. The molecule has 0 aliphatic carbocycles. The lowest BCUT2D eigenvalue weighted by atomic mass is 10.3. The first-order chi connectivity index (χ1) is 5.04. The maximum absolute atomic E-state index is 12.5. The Hall–Kier alpha value is -0.840. The highest BCUT2D eigenvalue weighted by Crippen LogP contribution is 2.12. The van der Waals surface area contributed by atoms with Crippen molar-refractivity contribution in [1.82, 2.24) is 4.98 Å². The molecule has 0 amide bonds. The number of hydrogen-bond acceptors (Lipinski definition) is 1. The number of aromatic amines is 1. The minimum atomic E-state index is -1.52. The quantitative estimate of drug-likeness (QED) is 0.605. The summed E-state index contributed by atoms with van der Waals surface area (Å²) in [6.45, 7) is 1.27. The molecule has 0 aliphatic rings. The van der Waals surface area contributed by atoms with E-state index in [1.807, 2.05) is 0 Å². The highest BCUT2D eigenvalue weighted by molar-refractivity contribution is 7.71. The monoisotopic (exact) mass is 179 g/mol. The predicted molar refractivity (Wildman–Crippen MR) is 36.2 cm³/mol. The van der Waals surface area contributed by atoms with Gasteiger partial charge in [-0.15, -0.1) is 0 Å². The molecule has 60 valence electrons. The fourth-order valence-electron chi connectivity index (χ4n) is 0.641. The van der Waals surface area contributed by atoms with Gasteiger partial charge in [-0.1, -0.05) is 12.2 Å². The summed E-state index contributed by atoms with van der Waals surface area (Å²) in [6.07, 6.45) is 0. The first kappa shape index (κ1) is 8.26. The number of pyridine rings is 1. The fraction of sp³-hybridized carbons (Fsp3) is 0.167. The van der Waals surface area contributed by atoms with Crippen LogP contribution in [0.2, 0.25) is 0 Å². The fourth-order valence-corrected chi connectivity index (χ4v) is 0.883. The standard InChI is InChI=1S/C6H4F3NS/c1-2-3(7)4(8)5(9)6(11)10-2/h1H3,(H,10,11). The van der Waals surface area contributed by atoms with Gasteiger partial charge >= 0.3 is 0 Å². The molecule has 0 bridgehead atoms. The molecule has 1 heterocycles. The summed E-state index contributed by atoms with van der Waals surface area (Å²) >= 11 is 4.35. The Balaban J connectivity index is 3.59. The van der Waals surface area contributed by atoms with Crippen molar-refractivity contribution in [2.24, 2.45) is 0 Å².